The van der Waals surface area contributed by atoms with Gasteiger partial charge < -0.3 is 115 Å². The number of fused-ring (bicyclic) bond motifs is 6. The van der Waals surface area contributed by atoms with E-state index in [1.54, 1.807) is 105 Å². The number of likely N-dealkylation sites (N-methyl/N-ethyl adjacent to an activating group) is 1. The molecule has 5 fully saturated rings. The van der Waals surface area contributed by atoms with Gasteiger partial charge in [-0.15, -0.1) is 0 Å². The summed E-state index contributed by atoms with van der Waals surface area (Å²) < 4.78 is 74.7. The van der Waals surface area contributed by atoms with E-state index in [-0.39, 0.29) is 32.7 Å². The van der Waals surface area contributed by atoms with Gasteiger partial charge in [0.25, 0.3) is 0 Å². The minimum atomic E-state index is -0.0627. The van der Waals surface area contributed by atoms with Crippen molar-refractivity contribution in [3.63, 3.8) is 0 Å². The lowest BCUT2D eigenvalue weighted by Crippen LogP contribution is -2.57. The molecule has 30 heteroatoms. The Kier molecular flexibility index (Phi) is 30.6. The third-order valence-electron chi connectivity index (χ3n) is 26.2. The van der Waals surface area contributed by atoms with E-state index in [4.69, 9.17) is 60.0 Å². The Morgan fingerprint density at radius 1 is 0.338 bits per heavy atom. The monoisotopic (exact) mass is 1920 g/mol. The number of pyridine rings is 1. The number of rotatable bonds is 18. The van der Waals surface area contributed by atoms with Crippen molar-refractivity contribution >= 4 is 88.9 Å². The van der Waals surface area contributed by atoms with Crippen molar-refractivity contribution in [2.75, 3.05) is 200 Å². The number of methoxy groups -OCH3 is 8. The summed E-state index contributed by atoms with van der Waals surface area (Å²) in [5.41, 5.74) is 13.6. The average Bonchev–Trinajstić information content (AvgIpc) is 1.15. The molecule has 4 N–H and O–H groups in total. The maximum Gasteiger partial charge on any atom is 0.193 e. The van der Waals surface area contributed by atoms with Crippen molar-refractivity contribution in [2.45, 2.75) is 65.1 Å². The van der Waals surface area contributed by atoms with Crippen LogP contribution >= 0.6 is 0 Å². The fourth-order valence-corrected chi connectivity index (χ4v) is 18.8. The smallest absolute Gasteiger partial charge is 0.193 e. The van der Waals surface area contributed by atoms with E-state index in [0.717, 1.165) is 186 Å². The largest absolute Gasteiger partial charge is 0.493 e. The molecule has 142 heavy (non-hydrogen) atoms. The zero-order valence-electron chi connectivity index (χ0n) is 82.8. The Morgan fingerprint density at radius 2 is 0.676 bits per heavy atom. The van der Waals surface area contributed by atoms with E-state index in [1.807, 2.05) is 163 Å². The van der Waals surface area contributed by atoms with Crippen LogP contribution in [0.25, 0.3) is 117 Å². The quantitative estimate of drug-likeness (QED) is 0.0620. The number of benzene rings is 9. The van der Waals surface area contributed by atoms with Gasteiger partial charge in [0, 0.05) is 209 Å². The topological polar surface area (TPSA) is 310 Å². The molecule has 2 atom stereocenters. The number of hydrogen-bond donors (Lipinski definition) is 4. The molecule has 0 spiro atoms. The van der Waals surface area contributed by atoms with Crippen LogP contribution in [0.1, 0.15) is 46.1 Å². The summed E-state index contributed by atoms with van der Waals surface area (Å²) in [5.74, 6) is 7.38. The minimum absolute atomic E-state index is 0.0369. The highest BCUT2D eigenvalue weighted by atomic mass is 16.5. The van der Waals surface area contributed by atoms with Gasteiger partial charge >= 0.3 is 0 Å². The molecule has 9 aromatic carbocycles. The van der Waals surface area contributed by atoms with Gasteiger partial charge in [-0.3, -0.25) is 24.0 Å². The van der Waals surface area contributed by atoms with Gasteiger partial charge in [0.15, 0.2) is 78.9 Å². The summed E-state index contributed by atoms with van der Waals surface area (Å²) in [7, 11) is 14.8. The van der Waals surface area contributed by atoms with Gasteiger partial charge in [-0.05, 0) is 249 Å². The number of imidazole rings is 1. The number of aromatic nitrogens is 2. The van der Waals surface area contributed by atoms with E-state index in [0.29, 0.717) is 147 Å². The molecule has 21 rings (SSSR count). The third-order valence-corrected chi connectivity index (χ3v) is 26.2. The lowest BCUT2D eigenvalue weighted by atomic mass is 10.0. The van der Waals surface area contributed by atoms with Crippen LogP contribution in [-0.2, 0) is 0 Å². The molecule has 7 aromatic heterocycles. The van der Waals surface area contributed by atoms with Gasteiger partial charge in [0.1, 0.15) is 62.3 Å². The first-order valence-electron chi connectivity index (χ1n) is 47.9. The van der Waals surface area contributed by atoms with Crippen molar-refractivity contribution < 1.29 is 60.0 Å². The molecule has 5 aliphatic rings. The second-order valence-electron chi connectivity index (χ2n) is 36.7. The van der Waals surface area contributed by atoms with E-state index in [9.17, 15) is 24.0 Å². The second kappa shape index (κ2) is 44.2. The number of piperazine rings is 3. The summed E-state index contributed by atoms with van der Waals surface area (Å²) in [6.07, 6.45) is 6.04. The fourth-order valence-electron chi connectivity index (χ4n) is 18.8. The van der Waals surface area contributed by atoms with Crippen molar-refractivity contribution in [3.05, 3.63) is 275 Å². The van der Waals surface area contributed by atoms with Gasteiger partial charge in [0.05, 0.1) is 83.8 Å². The SMILES string of the molecule is COc1ccc(-c2cc(=O)c3cc(N4CCCN(C)CC4)ccc3o2)cc1OC.COc1ccc(-c2cc(=O)c3cc(N4CCCNCC4)ccc3o2)cc1OC.COc1ccc(-c2cc(=O)c3cc(N4CCNC(C)(C)C4)ccc3o2)cc1OC.COc1ccc(-c2cc(=O)c3cc(N4C[C@@H](C)N[C@@H](C)C4)ccc3o2)cc1OC.Cc1ccn2cc(-c3cc(=O)c4cc(N5CCNCC5)ccc4o3)nc2c1. The Hall–Kier alpha value is -15.1. The van der Waals surface area contributed by atoms with Crippen molar-refractivity contribution in [1.29, 1.82) is 0 Å². The first kappa shape index (κ1) is 98.5. The molecule has 0 aliphatic carbocycles. The van der Waals surface area contributed by atoms with Crippen molar-refractivity contribution in [1.82, 2.24) is 35.6 Å². The molecule has 0 unspecified atom stereocenters. The van der Waals surface area contributed by atoms with Crippen LogP contribution in [0.5, 0.6) is 46.0 Å². The summed E-state index contributed by atoms with van der Waals surface area (Å²) in [6.45, 7) is 27.0. The molecule has 16 aromatic rings. The predicted molar refractivity (Wildman–Crippen MR) is 563 cm³/mol. The Morgan fingerprint density at radius 3 is 1.06 bits per heavy atom. The summed E-state index contributed by atoms with van der Waals surface area (Å²) >= 11 is 0. The molecule has 0 bridgehead atoms. The lowest BCUT2D eigenvalue weighted by molar-refractivity contribution is 0.353. The third kappa shape index (κ3) is 22.7. The number of nitrogens with one attached hydrogen (secondary N) is 4. The normalized spacial score (nSPS) is 16.1. The van der Waals surface area contributed by atoms with E-state index in [1.165, 1.54) is 18.2 Å². The lowest BCUT2D eigenvalue weighted by Gasteiger charge is -2.40. The number of nitrogens with zero attached hydrogens (tertiary/aromatic N) is 8. The molecule has 0 amide bonds. The molecular weight excluding hydrogens is 1800 g/mol. The van der Waals surface area contributed by atoms with Gasteiger partial charge in [-0.2, -0.15) is 0 Å². The molecule has 0 saturated carbocycles. The maximum absolute atomic E-state index is 12.9. The van der Waals surface area contributed by atoms with Crippen LogP contribution in [0.2, 0.25) is 0 Å². The summed E-state index contributed by atoms with van der Waals surface area (Å²) in [4.78, 5) is 82.6. The first-order chi connectivity index (χ1) is 68.8. The first-order valence-corrected chi connectivity index (χ1v) is 47.9. The van der Waals surface area contributed by atoms with Gasteiger partial charge in [-0.1, -0.05) is 0 Å². The Balaban J connectivity index is 0.000000122. The highest BCUT2D eigenvalue weighted by molar-refractivity contribution is 5.88. The van der Waals surface area contributed by atoms with Gasteiger partial charge in [0.2, 0.25) is 0 Å². The van der Waals surface area contributed by atoms with E-state index < -0.39 is 0 Å². The number of hydrogen-bond acceptors (Lipinski definition) is 29. The maximum atomic E-state index is 12.9. The molecule has 30 nitrogen and oxygen atoms in total. The van der Waals surface area contributed by atoms with Crippen LogP contribution in [-0.4, -0.2) is 207 Å². The number of aryl methyl sites for hydroxylation is 1. The van der Waals surface area contributed by atoms with Crippen LogP contribution in [0.4, 0.5) is 28.4 Å². The predicted octanol–water partition coefficient (Wildman–Crippen LogP) is 17.1. The van der Waals surface area contributed by atoms with Crippen molar-refractivity contribution in [3.8, 4) is 103 Å². The van der Waals surface area contributed by atoms with Crippen LogP contribution in [0.3, 0.4) is 0 Å². The Bertz CT molecular complexity index is 7400. The minimum Gasteiger partial charge on any atom is -0.493 e. The average molecular weight is 1920 g/mol. The number of anilines is 5. The standard InChI is InChI=1S/3C23H26N2O4.C22H24N2O4.C21H20N4O2/c1-14-12-25(13-15(2)24-14)17-6-8-20-18(10-17)19(26)11-22(29-20)16-5-7-21(27-3)23(9-16)28-4;1-23(2)14-25(10-9-24-23)16-6-8-19-17(12-16)18(26)13-21(29-19)15-5-7-20(27-3)22(11-15)28-4;1-24-9-4-10-25(12-11-24)17-6-8-20-18(14-17)19(26)15-22(29-20)16-5-7-21(27-2)23(13-16)28-3;1-26-20-6-4-15(12-22(20)27-2)21-14-18(25)17-13-16(5-7-19(17)28-21)24-10-3-8-23-9-11-24;1-14-4-7-25-13-17(23-21(25)10-14)20-12-18(26)16-11-15(2-3-19(16)27-20)24-8-5-22-6-9-24/h5-11,14-15,24H,12-13H2,1-4H3;5-8,11-13,24H,9-10,14H2,1-4H3;5-8,13-15H,4,9-12H2,1-3H3;4-7,12-14,23H,3,8-11H2,1-2H3;2-4,7,10-13,22H,5-6,8-9H2,1H3/t14-,15+;;;;. The van der Waals surface area contributed by atoms with E-state index in [2.05, 4.69) is 90.4 Å². The summed E-state index contributed by atoms with van der Waals surface area (Å²) in [5, 5.41) is 16.8. The van der Waals surface area contributed by atoms with Crippen LogP contribution in [0, 0.1) is 6.92 Å². The molecule has 5 saturated heterocycles. The zero-order valence-corrected chi connectivity index (χ0v) is 82.8. The van der Waals surface area contributed by atoms with Crippen LogP contribution < -0.4 is 111 Å². The molecule has 5 aliphatic heterocycles. The Labute approximate surface area is 822 Å². The van der Waals surface area contributed by atoms with Gasteiger partial charge in [-0.25, -0.2) is 4.98 Å². The molecule has 738 valence electrons. The van der Waals surface area contributed by atoms with Crippen molar-refractivity contribution in [2.24, 2.45) is 0 Å². The summed E-state index contributed by atoms with van der Waals surface area (Å²) in [6, 6.07) is 63.6. The molecular formula is C112H122N12O18. The highest BCUT2D eigenvalue weighted by Crippen LogP contribution is 2.40. The number of ether oxygens (including phenoxy) is 8. The molecule has 0 radical (unpaired) electrons. The van der Waals surface area contributed by atoms with Crippen LogP contribution in [0.15, 0.2) is 265 Å². The second-order valence-corrected chi connectivity index (χ2v) is 36.7. The highest BCUT2D eigenvalue weighted by Gasteiger charge is 2.29. The van der Waals surface area contributed by atoms with E-state index >= 15 is 0 Å². The fraction of sp³-hybridized carbons (Fsp3) is 0.321. The zero-order chi connectivity index (χ0) is 99.4. The molecule has 12 heterocycles.